The van der Waals surface area contributed by atoms with Crippen LogP contribution in [0.2, 0.25) is 0 Å². The molecule has 2 rings (SSSR count). The van der Waals surface area contributed by atoms with E-state index >= 15 is 0 Å². The Kier molecular flexibility index (Phi) is 4.51. The van der Waals surface area contributed by atoms with Crippen molar-refractivity contribution in [3.63, 3.8) is 0 Å². The van der Waals surface area contributed by atoms with Gasteiger partial charge in [-0.1, -0.05) is 6.42 Å². The van der Waals surface area contributed by atoms with Crippen LogP contribution in [0.5, 0.6) is 11.5 Å². The van der Waals surface area contributed by atoms with Crippen LogP contribution >= 0.6 is 0 Å². The molecule has 5 nitrogen and oxygen atoms in total. The maximum absolute atomic E-state index is 14.1. The second-order valence-electron chi connectivity index (χ2n) is 4.90. The van der Waals surface area contributed by atoms with Crippen molar-refractivity contribution in [1.29, 1.82) is 0 Å². The molecule has 1 atom stereocenters. The number of hydrogen-bond donors (Lipinski definition) is 0. The van der Waals surface area contributed by atoms with Crippen molar-refractivity contribution < 1.29 is 27.1 Å². The molecule has 0 amide bonds. The van der Waals surface area contributed by atoms with E-state index in [4.69, 9.17) is 9.47 Å². The number of rotatable bonds is 4. The molecule has 1 aromatic carbocycles. The molecule has 0 saturated carbocycles. The Bertz CT molecular complexity index is 654. The Hall–Kier alpha value is -1.63. The van der Waals surface area contributed by atoms with Crippen molar-refractivity contribution in [2.45, 2.75) is 24.5 Å². The van der Waals surface area contributed by atoms with Crippen LogP contribution in [0.15, 0.2) is 12.1 Å². The molecule has 116 valence electrons. The lowest BCUT2D eigenvalue weighted by Crippen LogP contribution is -2.35. The number of carbonyl (C=O) groups is 1. The molecule has 1 aliphatic heterocycles. The normalized spacial score (nSPS) is 20.8. The average molecular weight is 316 g/mol. The van der Waals surface area contributed by atoms with Crippen molar-refractivity contribution >= 4 is 15.6 Å². The largest absolute Gasteiger partial charge is 0.493 e. The molecular weight excluding hydrogens is 299 g/mol. The van der Waals surface area contributed by atoms with Gasteiger partial charge in [0.15, 0.2) is 27.1 Å². The molecule has 0 radical (unpaired) electrons. The van der Waals surface area contributed by atoms with Gasteiger partial charge < -0.3 is 9.47 Å². The summed E-state index contributed by atoms with van der Waals surface area (Å²) in [5.41, 5.74) is -0.275. The highest BCUT2D eigenvalue weighted by Crippen LogP contribution is 2.32. The number of methoxy groups -OCH3 is 2. The standard InChI is InChI=1S/C14H17FO5S/c1-19-11-7-9(10(15)8-12(11)20-2)14(16)13-5-3-4-6-21(13,17)18/h7-8,13H,3-6H2,1-2H3. The van der Waals surface area contributed by atoms with Crippen molar-refractivity contribution in [2.75, 3.05) is 20.0 Å². The third kappa shape index (κ3) is 3.02. The van der Waals surface area contributed by atoms with E-state index in [-0.39, 0.29) is 29.2 Å². The van der Waals surface area contributed by atoms with Gasteiger partial charge in [0.05, 0.1) is 25.5 Å². The maximum Gasteiger partial charge on any atom is 0.184 e. The second-order valence-corrected chi connectivity index (χ2v) is 7.21. The predicted molar refractivity (Wildman–Crippen MR) is 75.3 cm³/mol. The fraction of sp³-hybridized carbons (Fsp3) is 0.500. The molecule has 1 unspecified atom stereocenters. The number of hydrogen-bond acceptors (Lipinski definition) is 5. The summed E-state index contributed by atoms with van der Waals surface area (Å²) in [6, 6.07) is 2.22. The summed E-state index contributed by atoms with van der Waals surface area (Å²) in [6.07, 6.45) is 1.42. The van der Waals surface area contributed by atoms with Gasteiger partial charge in [0.1, 0.15) is 11.1 Å². The van der Waals surface area contributed by atoms with E-state index in [2.05, 4.69) is 0 Å². The van der Waals surface area contributed by atoms with E-state index in [9.17, 15) is 17.6 Å². The molecule has 0 aliphatic carbocycles. The predicted octanol–water partition coefficient (Wildman–Crippen LogP) is 1.99. The van der Waals surface area contributed by atoms with E-state index in [0.717, 1.165) is 6.07 Å². The smallest absolute Gasteiger partial charge is 0.184 e. The molecule has 0 N–H and O–H groups in total. The molecule has 0 bridgehead atoms. The van der Waals surface area contributed by atoms with Crippen LogP contribution < -0.4 is 9.47 Å². The van der Waals surface area contributed by atoms with Crippen LogP contribution in [0.1, 0.15) is 29.6 Å². The van der Waals surface area contributed by atoms with Crippen LogP contribution in [-0.2, 0) is 9.84 Å². The number of ether oxygens (including phenoxy) is 2. The van der Waals surface area contributed by atoms with Crippen molar-refractivity contribution in [2.24, 2.45) is 0 Å². The Morgan fingerprint density at radius 1 is 1.19 bits per heavy atom. The van der Waals surface area contributed by atoms with Gasteiger partial charge in [-0.15, -0.1) is 0 Å². The molecule has 1 aromatic rings. The topological polar surface area (TPSA) is 69.7 Å². The van der Waals surface area contributed by atoms with Gasteiger partial charge in [-0.3, -0.25) is 4.79 Å². The Labute approximate surface area is 123 Å². The van der Waals surface area contributed by atoms with E-state index in [1.165, 1.54) is 20.3 Å². The fourth-order valence-corrected chi connectivity index (χ4v) is 4.34. The van der Waals surface area contributed by atoms with Gasteiger partial charge >= 0.3 is 0 Å². The fourth-order valence-electron chi connectivity index (χ4n) is 2.47. The summed E-state index contributed by atoms with van der Waals surface area (Å²) in [6.45, 7) is 0. The maximum atomic E-state index is 14.1. The first-order valence-electron chi connectivity index (χ1n) is 6.58. The first-order chi connectivity index (χ1) is 9.90. The van der Waals surface area contributed by atoms with Crippen molar-refractivity contribution in [3.05, 3.63) is 23.5 Å². The highest BCUT2D eigenvalue weighted by Gasteiger charge is 2.36. The van der Waals surface area contributed by atoms with Gasteiger partial charge in [-0.05, 0) is 18.9 Å². The average Bonchev–Trinajstić information content (AvgIpc) is 2.45. The number of halogens is 1. The minimum absolute atomic E-state index is 0.0294. The summed E-state index contributed by atoms with van der Waals surface area (Å²) in [5, 5.41) is -1.17. The molecule has 0 aromatic heterocycles. The van der Waals surface area contributed by atoms with Crippen LogP contribution in [0.25, 0.3) is 0 Å². The molecule has 0 spiro atoms. The lowest BCUT2D eigenvalue weighted by Gasteiger charge is -2.21. The van der Waals surface area contributed by atoms with Gasteiger partial charge in [0, 0.05) is 6.07 Å². The number of carbonyl (C=O) groups excluding carboxylic acids is 1. The van der Waals surface area contributed by atoms with E-state index < -0.39 is 26.7 Å². The summed E-state index contributed by atoms with van der Waals surface area (Å²) < 4.78 is 48.0. The third-order valence-corrected chi connectivity index (χ3v) is 5.78. The van der Waals surface area contributed by atoms with Crippen molar-refractivity contribution in [3.8, 4) is 11.5 Å². The van der Waals surface area contributed by atoms with Gasteiger partial charge in [-0.2, -0.15) is 0 Å². The highest BCUT2D eigenvalue weighted by molar-refractivity contribution is 7.92. The first-order valence-corrected chi connectivity index (χ1v) is 8.29. The SMILES string of the molecule is COc1cc(F)c(C(=O)C2CCCCS2(=O)=O)cc1OC. The number of Topliss-reactive ketones (excluding diaryl/α,β-unsaturated/α-hetero) is 1. The van der Waals surface area contributed by atoms with Crippen LogP contribution in [-0.4, -0.2) is 39.4 Å². The molecule has 7 heteroatoms. The summed E-state index contributed by atoms with van der Waals surface area (Å²) in [5.74, 6) is -1.21. The zero-order chi connectivity index (χ0) is 15.6. The van der Waals surface area contributed by atoms with Crippen LogP contribution in [0.4, 0.5) is 4.39 Å². The summed E-state index contributed by atoms with van der Waals surface area (Å²) in [4.78, 5) is 12.4. The monoisotopic (exact) mass is 316 g/mol. The molecule has 1 aliphatic rings. The minimum atomic E-state index is -3.51. The van der Waals surface area contributed by atoms with Gasteiger partial charge in [0.25, 0.3) is 0 Å². The number of ketones is 1. The zero-order valence-electron chi connectivity index (χ0n) is 11.9. The Morgan fingerprint density at radius 3 is 2.38 bits per heavy atom. The quantitative estimate of drug-likeness (QED) is 0.795. The van der Waals surface area contributed by atoms with E-state index in [1.54, 1.807) is 0 Å². The lowest BCUT2D eigenvalue weighted by molar-refractivity contribution is 0.0977. The number of benzene rings is 1. The minimum Gasteiger partial charge on any atom is -0.493 e. The third-order valence-electron chi connectivity index (χ3n) is 3.61. The highest BCUT2D eigenvalue weighted by atomic mass is 32.2. The van der Waals surface area contributed by atoms with Gasteiger partial charge in [0.2, 0.25) is 0 Å². The molecular formula is C14H17FO5S. The molecule has 1 fully saturated rings. The summed E-state index contributed by atoms with van der Waals surface area (Å²) in [7, 11) is -0.797. The van der Waals surface area contributed by atoms with E-state index in [0.29, 0.717) is 12.8 Å². The second kappa shape index (κ2) is 6.01. The lowest BCUT2D eigenvalue weighted by atomic mass is 10.0. The Balaban J connectivity index is 2.43. The van der Waals surface area contributed by atoms with Crippen LogP contribution in [0, 0.1) is 5.82 Å². The first kappa shape index (κ1) is 15.8. The molecule has 21 heavy (non-hydrogen) atoms. The van der Waals surface area contributed by atoms with Crippen molar-refractivity contribution in [1.82, 2.24) is 0 Å². The Morgan fingerprint density at radius 2 is 1.81 bits per heavy atom. The van der Waals surface area contributed by atoms with Gasteiger partial charge in [-0.25, -0.2) is 12.8 Å². The van der Waals surface area contributed by atoms with E-state index in [1.807, 2.05) is 0 Å². The zero-order valence-corrected chi connectivity index (χ0v) is 12.7. The molecule has 1 saturated heterocycles. The van der Waals surface area contributed by atoms with Crippen LogP contribution in [0.3, 0.4) is 0 Å². The molecule has 1 heterocycles. The number of sulfone groups is 1. The summed E-state index contributed by atoms with van der Waals surface area (Å²) >= 11 is 0.